The third kappa shape index (κ3) is 3.40. The molecular formula is C18H21NO. The van der Waals surface area contributed by atoms with Gasteiger partial charge >= 0.3 is 0 Å². The fourth-order valence-corrected chi connectivity index (χ4v) is 2.70. The molecule has 2 nitrogen and oxygen atoms in total. The average Bonchev–Trinajstić information content (AvgIpc) is 2.88. The molecule has 2 aromatic rings. The molecule has 104 valence electrons. The molecule has 0 amide bonds. The van der Waals surface area contributed by atoms with Gasteiger partial charge in [0.05, 0.1) is 0 Å². The normalized spacial score (nSPS) is 19.1. The van der Waals surface area contributed by atoms with Crippen LogP contribution in [0.25, 0.3) is 0 Å². The van der Waals surface area contributed by atoms with Gasteiger partial charge in [-0.05, 0) is 43.1 Å². The van der Waals surface area contributed by atoms with Gasteiger partial charge in [-0.15, -0.1) is 0 Å². The molecule has 0 spiro atoms. The predicted molar refractivity (Wildman–Crippen MR) is 82.2 cm³/mol. The Hall–Kier alpha value is -1.80. The van der Waals surface area contributed by atoms with Crippen LogP contribution in [0.5, 0.6) is 5.75 Å². The maximum atomic E-state index is 6.01. The maximum absolute atomic E-state index is 6.01. The SMILES string of the molecule is CN1CCC(Oc2ccc(Cc3ccccc3)cc2)C1. The Bertz CT molecular complexity index is 535. The summed E-state index contributed by atoms with van der Waals surface area (Å²) in [6, 6.07) is 19.1. The second kappa shape index (κ2) is 6.10. The molecule has 0 N–H and O–H groups in total. The van der Waals surface area contributed by atoms with Gasteiger partial charge in [0.1, 0.15) is 11.9 Å². The third-order valence-electron chi connectivity index (χ3n) is 3.83. The summed E-state index contributed by atoms with van der Waals surface area (Å²) in [7, 11) is 2.15. The van der Waals surface area contributed by atoms with Gasteiger partial charge in [0, 0.05) is 13.1 Å². The summed E-state index contributed by atoms with van der Waals surface area (Å²) in [6.45, 7) is 2.17. The van der Waals surface area contributed by atoms with E-state index in [4.69, 9.17) is 4.74 Å². The van der Waals surface area contributed by atoms with E-state index in [9.17, 15) is 0 Å². The Morgan fingerprint density at radius 2 is 1.70 bits per heavy atom. The summed E-state index contributed by atoms with van der Waals surface area (Å²) in [5, 5.41) is 0. The Kier molecular flexibility index (Phi) is 4.03. The summed E-state index contributed by atoms with van der Waals surface area (Å²) < 4.78 is 6.01. The smallest absolute Gasteiger partial charge is 0.119 e. The van der Waals surface area contributed by atoms with Gasteiger partial charge in [0.25, 0.3) is 0 Å². The molecule has 1 saturated heterocycles. The van der Waals surface area contributed by atoms with Crippen LogP contribution in [-0.4, -0.2) is 31.1 Å². The van der Waals surface area contributed by atoms with Crippen LogP contribution in [-0.2, 0) is 6.42 Å². The van der Waals surface area contributed by atoms with E-state index in [1.54, 1.807) is 0 Å². The number of ether oxygens (including phenoxy) is 1. The van der Waals surface area contributed by atoms with E-state index in [-0.39, 0.29) is 0 Å². The molecule has 2 heteroatoms. The molecule has 2 aromatic carbocycles. The minimum Gasteiger partial charge on any atom is -0.489 e. The summed E-state index contributed by atoms with van der Waals surface area (Å²) in [5.41, 5.74) is 2.67. The molecule has 0 aliphatic carbocycles. The molecule has 1 aliphatic rings. The first-order valence-electron chi connectivity index (χ1n) is 7.28. The standard InChI is InChI=1S/C18H21NO/c1-19-12-11-18(14-19)20-17-9-7-16(8-10-17)13-15-5-3-2-4-6-15/h2-10,18H,11-14H2,1H3. The lowest BCUT2D eigenvalue weighted by Crippen LogP contribution is -2.21. The molecule has 1 atom stereocenters. The van der Waals surface area contributed by atoms with Crippen molar-refractivity contribution in [2.24, 2.45) is 0 Å². The molecule has 1 unspecified atom stereocenters. The van der Waals surface area contributed by atoms with E-state index in [1.807, 2.05) is 0 Å². The molecule has 0 radical (unpaired) electrons. The van der Waals surface area contributed by atoms with Crippen molar-refractivity contribution in [1.82, 2.24) is 4.90 Å². The van der Waals surface area contributed by atoms with Crippen LogP contribution in [0.15, 0.2) is 54.6 Å². The molecule has 0 aromatic heterocycles. The predicted octanol–water partition coefficient (Wildman–Crippen LogP) is 3.36. The second-order valence-corrected chi connectivity index (χ2v) is 5.60. The van der Waals surface area contributed by atoms with Crippen LogP contribution in [0.4, 0.5) is 0 Å². The van der Waals surface area contributed by atoms with Crippen molar-refractivity contribution >= 4 is 0 Å². The monoisotopic (exact) mass is 267 g/mol. The highest BCUT2D eigenvalue weighted by molar-refractivity contribution is 5.31. The summed E-state index contributed by atoms with van der Waals surface area (Å²) in [4.78, 5) is 2.31. The lowest BCUT2D eigenvalue weighted by Gasteiger charge is -2.14. The number of nitrogens with zero attached hydrogens (tertiary/aromatic N) is 1. The Morgan fingerprint density at radius 1 is 1.00 bits per heavy atom. The van der Waals surface area contributed by atoms with Crippen LogP contribution in [0.3, 0.4) is 0 Å². The van der Waals surface area contributed by atoms with Crippen molar-refractivity contribution in [3.05, 3.63) is 65.7 Å². The number of likely N-dealkylation sites (N-methyl/N-ethyl adjacent to an activating group) is 1. The van der Waals surface area contributed by atoms with E-state index in [0.717, 1.165) is 31.7 Å². The zero-order valence-corrected chi connectivity index (χ0v) is 12.0. The quantitative estimate of drug-likeness (QED) is 0.842. The van der Waals surface area contributed by atoms with Crippen molar-refractivity contribution in [1.29, 1.82) is 0 Å². The number of hydrogen-bond acceptors (Lipinski definition) is 2. The van der Waals surface area contributed by atoms with Gasteiger partial charge in [-0.2, -0.15) is 0 Å². The number of hydrogen-bond donors (Lipinski definition) is 0. The topological polar surface area (TPSA) is 12.5 Å². The minimum atomic E-state index is 0.347. The van der Waals surface area contributed by atoms with E-state index >= 15 is 0 Å². The highest BCUT2D eigenvalue weighted by Crippen LogP contribution is 2.19. The van der Waals surface area contributed by atoms with Crippen molar-refractivity contribution in [2.45, 2.75) is 18.9 Å². The Balaban J connectivity index is 1.60. The Labute approximate surface area is 121 Å². The van der Waals surface area contributed by atoms with Gasteiger partial charge in [-0.1, -0.05) is 42.5 Å². The fraction of sp³-hybridized carbons (Fsp3) is 0.333. The zero-order valence-electron chi connectivity index (χ0n) is 12.0. The van der Waals surface area contributed by atoms with Crippen LogP contribution < -0.4 is 4.74 Å². The van der Waals surface area contributed by atoms with Gasteiger partial charge in [0.15, 0.2) is 0 Å². The summed E-state index contributed by atoms with van der Waals surface area (Å²) >= 11 is 0. The highest BCUT2D eigenvalue weighted by atomic mass is 16.5. The molecule has 0 saturated carbocycles. The van der Waals surface area contributed by atoms with Gasteiger partial charge in [0.2, 0.25) is 0 Å². The minimum absolute atomic E-state index is 0.347. The van der Waals surface area contributed by atoms with Crippen molar-refractivity contribution < 1.29 is 4.74 Å². The van der Waals surface area contributed by atoms with Gasteiger partial charge in [-0.25, -0.2) is 0 Å². The molecule has 20 heavy (non-hydrogen) atoms. The average molecular weight is 267 g/mol. The fourth-order valence-electron chi connectivity index (χ4n) is 2.70. The van der Waals surface area contributed by atoms with Crippen LogP contribution in [0.1, 0.15) is 17.5 Å². The van der Waals surface area contributed by atoms with E-state index in [1.165, 1.54) is 11.1 Å². The molecule has 1 aliphatic heterocycles. The largest absolute Gasteiger partial charge is 0.489 e. The molecule has 3 rings (SSSR count). The number of benzene rings is 2. The van der Waals surface area contributed by atoms with E-state index in [0.29, 0.717) is 6.10 Å². The Morgan fingerprint density at radius 3 is 2.35 bits per heavy atom. The third-order valence-corrected chi connectivity index (χ3v) is 3.83. The van der Waals surface area contributed by atoms with Crippen LogP contribution >= 0.6 is 0 Å². The molecular weight excluding hydrogens is 246 g/mol. The molecule has 1 fully saturated rings. The first kappa shape index (κ1) is 13.2. The molecule has 1 heterocycles. The van der Waals surface area contributed by atoms with Crippen LogP contribution in [0, 0.1) is 0 Å². The maximum Gasteiger partial charge on any atom is 0.119 e. The van der Waals surface area contributed by atoms with Crippen LogP contribution in [0.2, 0.25) is 0 Å². The lowest BCUT2D eigenvalue weighted by molar-refractivity contribution is 0.208. The second-order valence-electron chi connectivity index (χ2n) is 5.60. The summed E-state index contributed by atoms with van der Waals surface area (Å²) in [6.07, 6.45) is 2.45. The number of rotatable bonds is 4. The van der Waals surface area contributed by atoms with E-state index < -0.39 is 0 Å². The zero-order chi connectivity index (χ0) is 13.8. The lowest BCUT2D eigenvalue weighted by atomic mass is 10.1. The van der Waals surface area contributed by atoms with Gasteiger partial charge in [-0.3, -0.25) is 0 Å². The first-order valence-corrected chi connectivity index (χ1v) is 7.28. The van der Waals surface area contributed by atoms with Crippen molar-refractivity contribution in [3.8, 4) is 5.75 Å². The van der Waals surface area contributed by atoms with Gasteiger partial charge < -0.3 is 9.64 Å². The first-order chi connectivity index (χ1) is 9.79. The summed E-state index contributed by atoms with van der Waals surface area (Å²) in [5.74, 6) is 0.988. The highest BCUT2D eigenvalue weighted by Gasteiger charge is 2.20. The van der Waals surface area contributed by atoms with Crippen molar-refractivity contribution in [2.75, 3.05) is 20.1 Å². The van der Waals surface area contributed by atoms with E-state index in [2.05, 4.69) is 66.5 Å². The number of likely N-dealkylation sites (tertiary alicyclic amines) is 1. The van der Waals surface area contributed by atoms with Crippen molar-refractivity contribution in [3.63, 3.8) is 0 Å². The molecule has 0 bridgehead atoms.